The molecule has 0 amide bonds. The molecule has 0 bridgehead atoms. The van der Waals surface area contributed by atoms with E-state index in [0.29, 0.717) is 12.2 Å². The number of nitro groups is 1. The number of nitrogens with zero attached hydrogens (tertiary/aromatic N) is 2. The molecule has 1 aliphatic heterocycles. The number of hydrazine groups is 1. The molecule has 2 rings (SSSR count). The van der Waals surface area contributed by atoms with E-state index in [1.807, 2.05) is 17.8 Å². The highest BCUT2D eigenvalue weighted by molar-refractivity contribution is 7.99. The van der Waals surface area contributed by atoms with Crippen LogP contribution in [0, 0.1) is 10.1 Å². The van der Waals surface area contributed by atoms with Crippen LogP contribution in [0.5, 0.6) is 0 Å². The number of rotatable bonds is 4. The quantitative estimate of drug-likeness (QED) is 0.488. The van der Waals surface area contributed by atoms with E-state index in [1.54, 1.807) is 6.07 Å². The van der Waals surface area contributed by atoms with Crippen molar-refractivity contribution >= 4 is 23.1 Å². The van der Waals surface area contributed by atoms with Gasteiger partial charge in [0, 0.05) is 37.2 Å². The maximum atomic E-state index is 10.9. The summed E-state index contributed by atoms with van der Waals surface area (Å²) in [5.41, 5.74) is 3.78. The molecular formula is C11H16N4O2S. The number of hydrogen-bond acceptors (Lipinski definition) is 6. The Morgan fingerprint density at radius 1 is 1.44 bits per heavy atom. The van der Waals surface area contributed by atoms with Gasteiger partial charge in [0.2, 0.25) is 0 Å². The summed E-state index contributed by atoms with van der Waals surface area (Å²) in [6, 6.07) is 5.04. The van der Waals surface area contributed by atoms with Crippen molar-refractivity contribution in [2.45, 2.75) is 6.54 Å². The number of thioether (sulfide) groups is 1. The highest BCUT2D eigenvalue weighted by Crippen LogP contribution is 2.28. The first-order valence-corrected chi connectivity index (χ1v) is 6.91. The van der Waals surface area contributed by atoms with Gasteiger partial charge in [0.15, 0.2) is 0 Å². The SMILES string of the molecule is NNc1c(CN2CCSCC2)cccc1[N+](=O)[O-]. The second kappa shape index (κ2) is 6.03. The number of hydrogen-bond donors (Lipinski definition) is 2. The first kappa shape index (κ1) is 13.1. The van der Waals surface area contributed by atoms with Crippen LogP contribution in [0.3, 0.4) is 0 Å². The molecule has 1 saturated heterocycles. The van der Waals surface area contributed by atoms with Gasteiger partial charge < -0.3 is 5.43 Å². The maximum Gasteiger partial charge on any atom is 0.293 e. The van der Waals surface area contributed by atoms with Crippen LogP contribution in [-0.4, -0.2) is 34.4 Å². The van der Waals surface area contributed by atoms with Gasteiger partial charge >= 0.3 is 0 Å². The van der Waals surface area contributed by atoms with E-state index < -0.39 is 4.92 Å². The molecule has 98 valence electrons. The van der Waals surface area contributed by atoms with Gasteiger partial charge in [-0.2, -0.15) is 11.8 Å². The van der Waals surface area contributed by atoms with Crippen LogP contribution in [0.25, 0.3) is 0 Å². The van der Waals surface area contributed by atoms with E-state index in [-0.39, 0.29) is 5.69 Å². The molecule has 0 unspecified atom stereocenters. The molecule has 0 saturated carbocycles. The number of anilines is 1. The number of nitro benzene ring substituents is 1. The Hall–Kier alpha value is -1.31. The standard InChI is InChI=1S/C11H16N4O2S/c12-13-11-9(2-1-3-10(11)15(16)17)8-14-4-6-18-7-5-14/h1-3,13H,4-8,12H2. The zero-order chi connectivity index (χ0) is 13.0. The Labute approximate surface area is 110 Å². The second-order valence-electron chi connectivity index (χ2n) is 4.10. The molecule has 1 aromatic carbocycles. The van der Waals surface area contributed by atoms with Crippen molar-refractivity contribution in [2.24, 2.45) is 5.84 Å². The van der Waals surface area contributed by atoms with Crippen molar-refractivity contribution in [1.82, 2.24) is 4.90 Å². The average molecular weight is 268 g/mol. The second-order valence-corrected chi connectivity index (χ2v) is 5.33. The average Bonchev–Trinajstić information content (AvgIpc) is 2.39. The van der Waals surface area contributed by atoms with Crippen molar-refractivity contribution in [3.05, 3.63) is 33.9 Å². The Morgan fingerprint density at radius 3 is 2.78 bits per heavy atom. The summed E-state index contributed by atoms with van der Waals surface area (Å²) in [5.74, 6) is 7.64. The summed E-state index contributed by atoms with van der Waals surface area (Å²) < 4.78 is 0. The number of para-hydroxylation sites is 1. The van der Waals surface area contributed by atoms with E-state index in [9.17, 15) is 10.1 Å². The first-order valence-electron chi connectivity index (χ1n) is 5.75. The topological polar surface area (TPSA) is 84.4 Å². The Kier molecular flexibility index (Phi) is 4.40. The Balaban J connectivity index is 2.20. The normalized spacial score (nSPS) is 16.5. The number of nitrogen functional groups attached to an aromatic ring is 1. The molecule has 1 fully saturated rings. The first-order chi connectivity index (χ1) is 8.72. The minimum Gasteiger partial charge on any atom is -0.318 e. The van der Waals surface area contributed by atoms with Gasteiger partial charge in [-0.05, 0) is 5.56 Å². The third-order valence-corrected chi connectivity index (χ3v) is 3.91. The molecular weight excluding hydrogens is 252 g/mol. The number of nitrogens with two attached hydrogens (primary N) is 1. The minimum atomic E-state index is -0.412. The van der Waals surface area contributed by atoms with Crippen molar-refractivity contribution in [1.29, 1.82) is 0 Å². The molecule has 0 aliphatic carbocycles. The van der Waals surface area contributed by atoms with Crippen LogP contribution in [0.2, 0.25) is 0 Å². The van der Waals surface area contributed by atoms with Crippen LogP contribution < -0.4 is 11.3 Å². The summed E-state index contributed by atoms with van der Waals surface area (Å²) in [6.45, 7) is 2.72. The van der Waals surface area contributed by atoms with E-state index in [4.69, 9.17) is 5.84 Å². The van der Waals surface area contributed by atoms with E-state index >= 15 is 0 Å². The predicted octanol–water partition coefficient (Wildman–Crippen LogP) is 1.43. The minimum absolute atomic E-state index is 0.0291. The zero-order valence-corrected chi connectivity index (χ0v) is 10.8. The fourth-order valence-electron chi connectivity index (χ4n) is 2.04. The Morgan fingerprint density at radius 2 is 2.17 bits per heavy atom. The summed E-state index contributed by atoms with van der Waals surface area (Å²) in [6.07, 6.45) is 0. The van der Waals surface area contributed by atoms with Crippen LogP contribution in [-0.2, 0) is 6.54 Å². The van der Waals surface area contributed by atoms with Gasteiger partial charge in [-0.3, -0.25) is 20.9 Å². The summed E-state index contributed by atoms with van der Waals surface area (Å²) >= 11 is 1.94. The summed E-state index contributed by atoms with van der Waals surface area (Å²) in [7, 11) is 0. The van der Waals surface area contributed by atoms with Gasteiger partial charge in [0.1, 0.15) is 5.69 Å². The lowest BCUT2D eigenvalue weighted by Gasteiger charge is -2.26. The van der Waals surface area contributed by atoms with Crippen molar-refractivity contribution in [3.63, 3.8) is 0 Å². The van der Waals surface area contributed by atoms with Crippen molar-refractivity contribution < 1.29 is 4.92 Å². The van der Waals surface area contributed by atoms with E-state index in [0.717, 1.165) is 30.2 Å². The van der Waals surface area contributed by atoms with E-state index in [2.05, 4.69) is 10.3 Å². The smallest absolute Gasteiger partial charge is 0.293 e. The molecule has 0 radical (unpaired) electrons. The molecule has 0 aromatic heterocycles. The highest BCUT2D eigenvalue weighted by atomic mass is 32.2. The zero-order valence-electron chi connectivity index (χ0n) is 9.96. The molecule has 18 heavy (non-hydrogen) atoms. The third kappa shape index (κ3) is 2.92. The van der Waals surface area contributed by atoms with E-state index in [1.165, 1.54) is 6.07 Å². The van der Waals surface area contributed by atoms with Crippen LogP contribution in [0.4, 0.5) is 11.4 Å². The van der Waals surface area contributed by atoms with Gasteiger partial charge in [-0.25, -0.2) is 0 Å². The van der Waals surface area contributed by atoms with Crippen LogP contribution in [0.1, 0.15) is 5.56 Å². The lowest BCUT2D eigenvalue weighted by Crippen LogP contribution is -2.32. The fraction of sp³-hybridized carbons (Fsp3) is 0.455. The molecule has 1 aromatic rings. The lowest BCUT2D eigenvalue weighted by molar-refractivity contribution is -0.384. The van der Waals surface area contributed by atoms with Crippen LogP contribution >= 0.6 is 11.8 Å². The molecule has 0 spiro atoms. The van der Waals surface area contributed by atoms with Gasteiger partial charge in [0.05, 0.1) is 4.92 Å². The lowest BCUT2D eigenvalue weighted by atomic mass is 10.1. The molecule has 6 nitrogen and oxygen atoms in total. The van der Waals surface area contributed by atoms with Gasteiger partial charge in [0.25, 0.3) is 5.69 Å². The monoisotopic (exact) mass is 268 g/mol. The van der Waals surface area contributed by atoms with Crippen molar-refractivity contribution in [2.75, 3.05) is 30.0 Å². The van der Waals surface area contributed by atoms with Crippen molar-refractivity contribution in [3.8, 4) is 0 Å². The molecule has 1 heterocycles. The van der Waals surface area contributed by atoms with Gasteiger partial charge in [-0.1, -0.05) is 12.1 Å². The fourth-order valence-corrected chi connectivity index (χ4v) is 3.02. The Bertz CT molecular complexity index is 435. The summed E-state index contributed by atoms with van der Waals surface area (Å²) in [4.78, 5) is 12.8. The molecule has 7 heteroatoms. The number of benzene rings is 1. The van der Waals surface area contributed by atoms with Crippen LogP contribution in [0.15, 0.2) is 18.2 Å². The summed E-state index contributed by atoms with van der Waals surface area (Å²) in [5, 5.41) is 10.9. The third-order valence-electron chi connectivity index (χ3n) is 2.97. The molecule has 1 aliphatic rings. The highest BCUT2D eigenvalue weighted by Gasteiger charge is 2.19. The van der Waals surface area contributed by atoms with Gasteiger partial charge in [-0.15, -0.1) is 0 Å². The largest absolute Gasteiger partial charge is 0.318 e. The molecule has 3 N–H and O–H groups in total. The maximum absolute atomic E-state index is 10.9. The molecule has 0 atom stereocenters. The number of nitrogens with one attached hydrogen (secondary N) is 1. The predicted molar refractivity (Wildman–Crippen MR) is 73.5 cm³/mol.